The first-order chi connectivity index (χ1) is 8.06. The summed E-state index contributed by atoms with van der Waals surface area (Å²) < 4.78 is 0. The van der Waals surface area contributed by atoms with Gasteiger partial charge in [0.05, 0.1) is 6.42 Å². The normalized spacial score (nSPS) is 19.7. The lowest BCUT2D eigenvalue weighted by molar-refractivity contribution is -0.129. The van der Waals surface area contributed by atoms with E-state index in [1.807, 2.05) is 4.90 Å². The summed E-state index contributed by atoms with van der Waals surface area (Å²) in [5.41, 5.74) is 9.34. The molecule has 1 aromatic rings. The third kappa shape index (κ3) is 2.86. The van der Waals surface area contributed by atoms with Crippen molar-refractivity contribution in [1.82, 2.24) is 4.90 Å². The summed E-state index contributed by atoms with van der Waals surface area (Å²) in [5.74, 6) is 0.201. The van der Waals surface area contributed by atoms with Crippen LogP contribution in [0.5, 0.6) is 0 Å². The van der Waals surface area contributed by atoms with Gasteiger partial charge in [0.1, 0.15) is 0 Å². The van der Waals surface area contributed by atoms with Gasteiger partial charge in [0, 0.05) is 19.1 Å². The van der Waals surface area contributed by atoms with Gasteiger partial charge in [-0.2, -0.15) is 0 Å². The van der Waals surface area contributed by atoms with Gasteiger partial charge in [-0.05, 0) is 31.4 Å². The molecule has 1 fully saturated rings. The summed E-state index contributed by atoms with van der Waals surface area (Å²) in [4.78, 5) is 14.0. The molecule has 1 atom stereocenters. The van der Waals surface area contributed by atoms with Crippen LogP contribution in [0.15, 0.2) is 18.2 Å². The quantitative estimate of drug-likeness (QED) is 0.838. The molecule has 1 saturated heterocycles. The smallest absolute Gasteiger partial charge is 0.227 e. The minimum atomic E-state index is 0.164. The Bertz CT molecular complexity index is 428. The average Bonchev–Trinajstić information content (AvgIpc) is 2.70. The second kappa shape index (κ2) is 4.88. The molecule has 17 heavy (non-hydrogen) atoms. The number of nitrogens with zero attached hydrogens (tertiary/aromatic N) is 1. The van der Waals surface area contributed by atoms with Crippen LogP contribution in [0, 0.1) is 13.8 Å². The molecule has 0 unspecified atom stereocenters. The molecule has 1 aliphatic rings. The summed E-state index contributed by atoms with van der Waals surface area (Å²) >= 11 is 0. The number of benzene rings is 1. The SMILES string of the molecule is Cc1ccc(C)c(CC(=O)N2CC[C@@H](N)C2)c1. The molecule has 2 N–H and O–H groups in total. The van der Waals surface area contributed by atoms with Gasteiger partial charge < -0.3 is 10.6 Å². The molecule has 3 nitrogen and oxygen atoms in total. The van der Waals surface area contributed by atoms with E-state index in [0.29, 0.717) is 13.0 Å². The topological polar surface area (TPSA) is 46.3 Å². The maximum Gasteiger partial charge on any atom is 0.227 e. The van der Waals surface area contributed by atoms with Crippen molar-refractivity contribution in [1.29, 1.82) is 0 Å². The largest absolute Gasteiger partial charge is 0.341 e. The number of likely N-dealkylation sites (tertiary alicyclic amines) is 1. The van der Waals surface area contributed by atoms with Crippen molar-refractivity contribution in [3.8, 4) is 0 Å². The lowest BCUT2D eigenvalue weighted by atomic mass is 10.0. The van der Waals surface area contributed by atoms with Crippen LogP contribution >= 0.6 is 0 Å². The van der Waals surface area contributed by atoms with Crippen molar-refractivity contribution in [2.75, 3.05) is 13.1 Å². The summed E-state index contributed by atoms with van der Waals surface area (Å²) in [7, 11) is 0. The fourth-order valence-corrected chi connectivity index (χ4v) is 2.28. The Hall–Kier alpha value is -1.35. The number of hydrogen-bond donors (Lipinski definition) is 1. The fourth-order valence-electron chi connectivity index (χ4n) is 2.28. The second-order valence-corrected chi connectivity index (χ2v) is 5.00. The van der Waals surface area contributed by atoms with Gasteiger partial charge in [0.15, 0.2) is 0 Å². The summed E-state index contributed by atoms with van der Waals surface area (Å²) in [5, 5.41) is 0. The van der Waals surface area contributed by atoms with Crippen molar-refractivity contribution < 1.29 is 4.79 Å². The van der Waals surface area contributed by atoms with Crippen molar-refractivity contribution >= 4 is 5.91 Å². The van der Waals surface area contributed by atoms with E-state index in [9.17, 15) is 4.79 Å². The van der Waals surface area contributed by atoms with Crippen LogP contribution in [-0.2, 0) is 11.2 Å². The Labute approximate surface area is 103 Å². The third-order valence-corrected chi connectivity index (χ3v) is 3.42. The monoisotopic (exact) mass is 232 g/mol. The molecule has 1 amide bonds. The van der Waals surface area contributed by atoms with Crippen LogP contribution in [-0.4, -0.2) is 29.9 Å². The molecule has 92 valence electrons. The maximum absolute atomic E-state index is 12.1. The zero-order chi connectivity index (χ0) is 12.4. The first-order valence-electron chi connectivity index (χ1n) is 6.16. The molecule has 0 spiro atoms. The number of rotatable bonds is 2. The number of nitrogens with two attached hydrogens (primary N) is 1. The van der Waals surface area contributed by atoms with Gasteiger partial charge in [-0.3, -0.25) is 4.79 Å². The van der Waals surface area contributed by atoms with Crippen molar-refractivity contribution in [3.63, 3.8) is 0 Å². The summed E-state index contributed by atoms with van der Waals surface area (Å²) in [6.07, 6.45) is 1.43. The van der Waals surface area contributed by atoms with Crippen molar-refractivity contribution in [2.24, 2.45) is 5.73 Å². The van der Waals surface area contributed by atoms with E-state index in [-0.39, 0.29) is 11.9 Å². The van der Waals surface area contributed by atoms with Crippen LogP contribution in [0.4, 0.5) is 0 Å². The van der Waals surface area contributed by atoms with E-state index in [1.165, 1.54) is 11.1 Å². The zero-order valence-electron chi connectivity index (χ0n) is 10.6. The van der Waals surface area contributed by atoms with E-state index in [0.717, 1.165) is 18.5 Å². The minimum Gasteiger partial charge on any atom is -0.341 e. The highest BCUT2D eigenvalue weighted by Gasteiger charge is 2.23. The highest BCUT2D eigenvalue weighted by molar-refractivity contribution is 5.79. The molecule has 0 saturated carbocycles. The van der Waals surface area contributed by atoms with Crippen LogP contribution in [0.1, 0.15) is 23.1 Å². The van der Waals surface area contributed by atoms with Gasteiger partial charge in [-0.15, -0.1) is 0 Å². The molecule has 0 bridgehead atoms. The molecule has 0 aromatic heterocycles. The minimum absolute atomic E-state index is 0.164. The first-order valence-corrected chi connectivity index (χ1v) is 6.16. The summed E-state index contributed by atoms with van der Waals surface area (Å²) in [6.45, 7) is 5.63. The van der Waals surface area contributed by atoms with Crippen LogP contribution in [0.3, 0.4) is 0 Å². The van der Waals surface area contributed by atoms with Gasteiger partial charge in [-0.1, -0.05) is 23.8 Å². The summed E-state index contributed by atoms with van der Waals surface area (Å²) in [6, 6.07) is 6.42. The van der Waals surface area contributed by atoms with Gasteiger partial charge in [0.2, 0.25) is 5.91 Å². The Balaban J connectivity index is 2.05. The fraction of sp³-hybridized carbons (Fsp3) is 0.500. The predicted molar refractivity (Wildman–Crippen MR) is 68.8 cm³/mol. The molecule has 1 aromatic carbocycles. The van der Waals surface area contributed by atoms with Gasteiger partial charge >= 0.3 is 0 Å². The number of amides is 1. The van der Waals surface area contributed by atoms with Crippen molar-refractivity contribution in [2.45, 2.75) is 32.7 Å². The highest BCUT2D eigenvalue weighted by atomic mass is 16.2. The van der Waals surface area contributed by atoms with Gasteiger partial charge in [0.25, 0.3) is 0 Å². The van der Waals surface area contributed by atoms with E-state index < -0.39 is 0 Å². The number of carbonyl (C=O) groups is 1. The molecule has 0 aliphatic carbocycles. The highest BCUT2D eigenvalue weighted by Crippen LogP contribution is 2.14. The first kappa shape index (κ1) is 12.1. The predicted octanol–water partition coefficient (Wildman–Crippen LogP) is 1.41. The Morgan fingerprint density at radius 2 is 2.24 bits per heavy atom. The Kier molecular flexibility index (Phi) is 3.48. The van der Waals surface area contributed by atoms with Crippen LogP contribution in [0.25, 0.3) is 0 Å². The average molecular weight is 232 g/mol. The molecular weight excluding hydrogens is 212 g/mol. The van der Waals surface area contributed by atoms with E-state index in [1.54, 1.807) is 0 Å². The van der Waals surface area contributed by atoms with E-state index >= 15 is 0 Å². The van der Waals surface area contributed by atoms with Crippen LogP contribution in [0.2, 0.25) is 0 Å². The molecule has 3 heteroatoms. The molecule has 1 aliphatic heterocycles. The Morgan fingerprint density at radius 1 is 1.47 bits per heavy atom. The maximum atomic E-state index is 12.1. The number of aryl methyl sites for hydroxylation is 2. The molecule has 2 rings (SSSR count). The second-order valence-electron chi connectivity index (χ2n) is 5.00. The molecule has 1 heterocycles. The van der Waals surface area contributed by atoms with Crippen LogP contribution < -0.4 is 5.73 Å². The van der Waals surface area contributed by atoms with E-state index in [2.05, 4.69) is 32.0 Å². The molecular formula is C14H20N2O. The van der Waals surface area contributed by atoms with E-state index in [4.69, 9.17) is 5.73 Å². The third-order valence-electron chi connectivity index (χ3n) is 3.42. The molecule has 0 radical (unpaired) electrons. The number of carbonyl (C=O) groups excluding carboxylic acids is 1. The zero-order valence-corrected chi connectivity index (χ0v) is 10.6. The van der Waals surface area contributed by atoms with Crippen molar-refractivity contribution in [3.05, 3.63) is 34.9 Å². The lowest BCUT2D eigenvalue weighted by Gasteiger charge is -2.16. The lowest BCUT2D eigenvalue weighted by Crippen LogP contribution is -2.33. The Morgan fingerprint density at radius 3 is 2.88 bits per heavy atom. The number of hydrogen-bond acceptors (Lipinski definition) is 2. The van der Waals surface area contributed by atoms with Gasteiger partial charge in [-0.25, -0.2) is 0 Å². The standard InChI is InChI=1S/C14H20N2O/c1-10-3-4-11(2)12(7-10)8-14(17)16-6-5-13(15)9-16/h3-4,7,13H,5-6,8-9,15H2,1-2H3/t13-/m1/s1.